The lowest BCUT2D eigenvalue weighted by Crippen LogP contribution is -2.30. The van der Waals surface area contributed by atoms with Crippen LogP contribution in [-0.4, -0.2) is 29.9 Å². The van der Waals surface area contributed by atoms with Crippen molar-refractivity contribution in [2.45, 2.75) is 19.3 Å². The van der Waals surface area contributed by atoms with Crippen molar-refractivity contribution in [2.24, 2.45) is 0 Å². The molecule has 0 bridgehead atoms. The molecule has 3 heterocycles. The number of imidazole rings is 1. The average Bonchev–Trinajstić information content (AvgIpc) is 3.01. The summed E-state index contributed by atoms with van der Waals surface area (Å²) < 4.78 is 10.7. The number of H-pyrrole nitrogens is 1. The molecular weight excluding hydrogens is 230 g/mol. The minimum absolute atomic E-state index is 0.306. The standard InChI is InChI=1S/C13H15N3O2/c1-2-4-16(5-3-1)13-14-9-6-11-12(18-8-17-11)7-10(9)15-13/h6-7H,1-5,8H2,(H,14,15). The van der Waals surface area contributed by atoms with E-state index in [-0.39, 0.29) is 0 Å². The van der Waals surface area contributed by atoms with E-state index < -0.39 is 0 Å². The van der Waals surface area contributed by atoms with E-state index in [4.69, 9.17) is 9.47 Å². The summed E-state index contributed by atoms with van der Waals surface area (Å²) >= 11 is 0. The Kier molecular flexibility index (Phi) is 2.12. The fourth-order valence-corrected chi connectivity index (χ4v) is 2.64. The van der Waals surface area contributed by atoms with Crippen LogP contribution in [0.3, 0.4) is 0 Å². The lowest BCUT2D eigenvalue weighted by Gasteiger charge is -2.25. The molecule has 0 saturated carbocycles. The highest BCUT2D eigenvalue weighted by Crippen LogP contribution is 2.36. The quantitative estimate of drug-likeness (QED) is 0.837. The highest BCUT2D eigenvalue weighted by Gasteiger charge is 2.18. The third-order valence-corrected chi connectivity index (χ3v) is 3.62. The summed E-state index contributed by atoms with van der Waals surface area (Å²) in [6.07, 6.45) is 3.83. The van der Waals surface area contributed by atoms with E-state index >= 15 is 0 Å². The minimum Gasteiger partial charge on any atom is -0.454 e. The smallest absolute Gasteiger partial charge is 0.231 e. The third kappa shape index (κ3) is 1.50. The fourth-order valence-electron chi connectivity index (χ4n) is 2.64. The molecule has 18 heavy (non-hydrogen) atoms. The van der Waals surface area contributed by atoms with Gasteiger partial charge in [-0.3, -0.25) is 0 Å². The molecule has 0 spiro atoms. The zero-order chi connectivity index (χ0) is 11.9. The second-order valence-corrected chi connectivity index (χ2v) is 4.83. The SMILES string of the molecule is c1c2c(cc3[nH]c(N4CCCCC4)nc13)OCO2. The molecule has 0 aliphatic carbocycles. The van der Waals surface area contributed by atoms with Gasteiger partial charge in [-0.2, -0.15) is 0 Å². The van der Waals surface area contributed by atoms with Crippen molar-refractivity contribution in [1.29, 1.82) is 0 Å². The summed E-state index contributed by atoms with van der Waals surface area (Å²) in [5, 5.41) is 0. The molecule has 2 aliphatic heterocycles. The van der Waals surface area contributed by atoms with Crippen LogP contribution in [0.1, 0.15) is 19.3 Å². The first-order valence-corrected chi connectivity index (χ1v) is 6.44. The molecule has 2 aliphatic rings. The first-order valence-electron chi connectivity index (χ1n) is 6.44. The Morgan fingerprint density at radius 2 is 1.83 bits per heavy atom. The highest BCUT2D eigenvalue weighted by molar-refractivity contribution is 5.82. The van der Waals surface area contributed by atoms with E-state index in [2.05, 4.69) is 14.9 Å². The van der Waals surface area contributed by atoms with Gasteiger partial charge in [-0.25, -0.2) is 4.98 Å². The molecule has 0 unspecified atom stereocenters. The molecule has 1 N–H and O–H groups in total. The molecule has 0 amide bonds. The Bertz CT molecular complexity index is 546. The number of fused-ring (bicyclic) bond motifs is 2. The van der Waals surface area contributed by atoms with Gasteiger partial charge in [-0.15, -0.1) is 0 Å². The zero-order valence-electron chi connectivity index (χ0n) is 10.1. The van der Waals surface area contributed by atoms with Gasteiger partial charge in [0, 0.05) is 25.2 Å². The Morgan fingerprint density at radius 3 is 2.67 bits per heavy atom. The van der Waals surface area contributed by atoms with E-state index in [0.717, 1.165) is 41.6 Å². The number of hydrogen-bond donors (Lipinski definition) is 1. The largest absolute Gasteiger partial charge is 0.454 e. The number of nitrogens with zero attached hydrogens (tertiary/aromatic N) is 2. The topological polar surface area (TPSA) is 50.4 Å². The van der Waals surface area contributed by atoms with Crippen molar-refractivity contribution in [3.63, 3.8) is 0 Å². The molecule has 5 nitrogen and oxygen atoms in total. The molecule has 0 atom stereocenters. The van der Waals surface area contributed by atoms with Gasteiger partial charge < -0.3 is 19.4 Å². The Balaban J connectivity index is 1.75. The van der Waals surface area contributed by atoms with Crippen LogP contribution in [-0.2, 0) is 0 Å². The van der Waals surface area contributed by atoms with E-state index in [1.165, 1.54) is 19.3 Å². The number of anilines is 1. The van der Waals surface area contributed by atoms with Crippen molar-refractivity contribution < 1.29 is 9.47 Å². The number of piperidine rings is 1. The number of rotatable bonds is 1. The molecular formula is C13H15N3O2. The number of nitrogens with one attached hydrogen (secondary N) is 1. The molecule has 4 rings (SSSR count). The van der Waals surface area contributed by atoms with Crippen LogP contribution in [0.4, 0.5) is 5.95 Å². The maximum atomic E-state index is 5.38. The molecule has 1 saturated heterocycles. The number of aromatic amines is 1. The van der Waals surface area contributed by atoms with Crippen LogP contribution in [0.5, 0.6) is 11.5 Å². The van der Waals surface area contributed by atoms with Gasteiger partial charge in [-0.1, -0.05) is 0 Å². The first kappa shape index (κ1) is 10.1. The second kappa shape index (κ2) is 3.80. The first-order chi connectivity index (χ1) is 8.90. The van der Waals surface area contributed by atoms with Gasteiger partial charge in [-0.05, 0) is 19.3 Å². The summed E-state index contributed by atoms with van der Waals surface area (Å²) in [5.74, 6) is 2.56. The van der Waals surface area contributed by atoms with Gasteiger partial charge in [0.2, 0.25) is 12.7 Å². The fraction of sp³-hybridized carbons (Fsp3) is 0.462. The van der Waals surface area contributed by atoms with Crippen LogP contribution in [0.15, 0.2) is 12.1 Å². The van der Waals surface area contributed by atoms with Gasteiger partial charge in [0.15, 0.2) is 11.5 Å². The second-order valence-electron chi connectivity index (χ2n) is 4.83. The number of ether oxygens (including phenoxy) is 2. The van der Waals surface area contributed by atoms with E-state index in [0.29, 0.717) is 6.79 Å². The molecule has 0 radical (unpaired) electrons. The summed E-state index contributed by atoms with van der Waals surface area (Å²) in [5.41, 5.74) is 1.96. The molecule has 94 valence electrons. The van der Waals surface area contributed by atoms with Gasteiger partial charge >= 0.3 is 0 Å². The Hall–Kier alpha value is -1.91. The normalized spacial score (nSPS) is 18.6. The number of benzene rings is 1. The molecule has 5 heteroatoms. The van der Waals surface area contributed by atoms with Crippen molar-refractivity contribution >= 4 is 17.0 Å². The Morgan fingerprint density at radius 1 is 1.06 bits per heavy atom. The van der Waals surface area contributed by atoms with Crippen LogP contribution < -0.4 is 14.4 Å². The minimum atomic E-state index is 0.306. The predicted octanol–water partition coefficient (Wildman–Crippen LogP) is 2.28. The summed E-state index contributed by atoms with van der Waals surface area (Å²) in [7, 11) is 0. The van der Waals surface area contributed by atoms with Crippen molar-refractivity contribution in [2.75, 3.05) is 24.8 Å². The lowest BCUT2D eigenvalue weighted by molar-refractivity contribution is 0.174. The van der Waals surface area contributed by atoms with Crippen molar-refractivity contribution in [3.05, 3.63) is 12.1 Å². The van der Waals surface area contributed by atoms with E-state index in [1.54, 1.807) is 0 Å². The average molecular weight is 245 g/mol. The monoisotopic (exact) mass is 245 g/mol. The van der Waals surface area contributed by atoms with Crippen LogP contribution in [0, 0.1) is 0 Å². The van der Waals surface area contributed by atoms with Gasteiger partial charge in [0.1, 0.15) is 0 Å². The van der Waals surface area contributed by atoms with Crippen LogP contribution >= 0.6 is 0 Å². The summed E-state index contributed by atoms with van der Waals surface area (Å²) in [6, 6.07) is 3.92. The van der Waals surface area contributed by atoms with Gasteiger partial charge in [0.05, 0.1) is 11.0 Å². The zero-order valence-corrected chi connectivity index (χ0v) is 10.1. The predicted molar refractivity (Wildman–Crippen MR) is 68.3 cm³/mol. The summed E-state index contributed by atoms with van der Waals surface area (Å²) in [4.78, 5) is 10.3. The summed E-state index contributed by atoms with van der Waals surface area (Å²) in [6.45, 7) is 2.49. The van der Waals surface area contributed by atoms with Crippen LogP contribution in [0.2, 0.25) is 0 Å². The van der Waals surface area contributed by atoms with E-state index in [1.807, 2.05) is 12.1 Å². The maximum absolute atomic E-state index is 5.38. The molecule has 1 fully saturated rings. The highest BCUT2D eigenvalue weighted by atomic mass is 16.7. The van der Waals surface area contributed by atoms with Crippen molar-refractivity contribution in [1.82, 2.24) is 9.97 Å². The molecule has 1 aromatic heterocycles. The molecule has 1 aromatic carbocycles. The lowest BCUT2D eigenvalue weighted by atomic mass is 10.1. The maximum Gasteiger partial charge on any atom is 0.231 e. The van der Waals surface area contributed by atoms with Gasteiger partial charge in [0.25, 0.3) is 0 Å². The Labute approximate surface area is 105 Å². The number of hydrogen-bond acceptors (Lipinski definition) is 4. The van der Waals surface area contributed by atoms with Crippen molar-refractivity contribution in [3.8, 4) is 11.5 Å². The third-order valence-electron chi connectivity index (χ3n) is 3.62. The van der Waals surface area contributed by atoms with E-state index in [9.17, 15) is 0 Å². The molecule has 2 aromatic rings. The number of aromatic nitrogens is 2. The van der Waals surface area contributed by atoms with Crippen LogP contribution in [0.25, 0.3) is 11.0 Å².